The quantitative estimate of drug-likeness (QED) is 0.422. The number of amides is 1. The van der Waals surface area contributed by atoms with Crippen molar-refractivity contribution in [3.05, 3.63) is 89.0 Å². The second kappa shape index (κ2) is 8.65. The van der Waals surface area contributed by atoms with Crippen LogP contribution in [0.25, 0.3) is 5.78 Å². The average molecular weight is 453 g/mol. The lowest BCUT2D eigenvalue weighted by atomic mass is 10.0. The fourth-order valence-corrected chi connectivity index (χ4v) is 3.87. The van der Waals surface area contributed by atoms with Gasteiger partial charge in [0, 0.05) is 22.6 Å². The van der Waals surface area contributed by atoms with E-state index >= 15 is 0 Å². The molecule has 0 aliphatic carbocycles. The molecule has 0 aliphatic rings. The Hall–Kier alpha value is -3.75. The number of benzene rings is 2. The van der Waals surface area contributed by atoms with Gasteiger partial charge >= 0.3 is 6.18 Å². The number of nitrogens with zero attached hydrogens (tertiary/aromatic N) is 5. The van der Waals surface area contributed by atoms with Gasteiger partial charge in [-0.25, -0.2) is 9.50 Å². The van der Waals surface area contributed by atoms with Crippen molar-refractivity contribution >= 4 is 17.4 Å². The van der Waals surface area contributed by atoms with Crippen molar-refractivity contribution < 1.29 is 18.0 Å². The van der Waals surface area contributed by atoms with Crippen molar-refractivity contribution in [1.82, 2.24) is 19.6 Å². The number of carbonyl (C=O) groups is 1. The summed E-state index contributed by atoms with van der Waals surface area (Å²) >= 11 is 0. The van der Waals surface area contributed by atoms with Crippen molar-refractivity contribution in [3.63, 3.8) is 0 Å². The molecule has 0 radical (unpaired) electrons. The highest BCUT2D eigenvalue weighted by Gasteiger charge is 2.37. The van der Waals surface area contributed by atoms with Crippen LogP contribution in [0.4, 0.5) is 18.9 Å². The summed E-state index contributed by atoms with van der Waals surface area (Å²) in [6, 6.07) is 18.6. The number of aromatic nitrogens is 4. The number of carbonyl (C=O) groups excluding carboxylic acids is 1. The van der Waals surface area contributed by atoms with Gasteiger partial charge in [0.25, 0.3) is 11.6 Å². The predicted molar refractivity (Wildman–Crippen MR) is 118 cm³/mol. The molecule has 170 valence electrons. The molecular weight excluding hydrogens is 431 g/mol. The minimum atomic E-state index is -4.68. The lowest BCUT2D eigenvalue weighted by molar-refractivity contribution is -0.144. The molecule has 2 heterocycles. The van der Waals surface area contributed by atoms with E-state index in [0.29, 0.717) is 17.0 Å². The van der Waals surface area contributed by atoms with Crippen LogP contribution >= 0.6 is 0 Å². The molecule has 2 aromatic heterocycles. The summed E-state index contributed by atoms with van der Waals surface area (Å²) in [6.45, 7) is 5.21. The summed E-state index contributed by atoms with van der Waals surface area (Å²) in [5, 5.41) is 3.57. The number of aryl methyl sites for hydroxylation is 2. The Morgan fingerprint density at radius 2 is 1.61 bits per heavy atom. The summed E-state index contributed by atoms with van der Waals surface area (Å²) in [6.07, 6.45) is -4.73. The zero-order chi connectivity index (χ0) is 23.8. The summed E-state index contributed by atoms with van der Waals surface area (Å²) in [4.78, 5) is 23.0. The van der Waals surface area contributed by atoms with Gasteiger partial charge in [0.05, 0.1) is 12.5 Å². The number of alkyl halides is 3. The van der Waals surface area contributed by atoms with Crippen LogP contribution in [0.2, 0.25) is 0 Å². The lowest BCUT2D eigenvalue weighted by Crippen LogP contribution is -2.35. The van der Waals surface area contributed by atoms with Gasteiger partial charge in [0.15, 0.2) is 0 Å². The Morgan fingerprint density at radius 3 is 2.21 bits per heavy atom. The van der Waals surface area contributed by atoms with Crippen molar-refractivity contribution in [2.75, 3.05) is 4.90 Å². The van der Waals surface area contributed by atoms with E-state index in [1.54, 1.807) is 18.7 Å². The molecule has 2 aromatic carbocycles. The first kappa shape index (κ1) is 22.4. The van der Waals surface area contributed by atoms with E-state index in [1.807, 2.05) is 67.6 Å². The first-order valence-electron chi connectivity index (χ1n) is 10.4. The number of halogens is 3. The molecule has 4 aromatic rings. The molecule has 9 heteroatoms. The third kappa shape index (κ3) is 4.44. The van der Waals surface area contributed by atoms with Crippen LogP contribution in [0.3, 0.4) is 0 Å². The zero-order valence-corrected chi connectivity index (χ0v) is 18.3. The maximum Gasteiger partial charge on any atom is 0.453 e. The number of fused-ring (bicyclic) bond motifs is 1. The Balaban J connectivity index is 1.74. The highest BCUT2D eigenvalue weighted by Crippen LogP contribution is 2.30. The van der Waals surface area contributed by atoms with Crippen molar-refractivity contribution in [2.45, 2.75) is 39.4 Å². The number of hydrogen-bond donors (Lipinski definition) is 0. The summed E-state index contributed by atoms with van der Waals surface area (Å²) < 4.78 is 40.3. The van der Waals surface area contributed by atoms with Gasteiger partial charge in [-0.15, -0.1) is 5.10 Å². The minimum Gasteiger partial charge on any atom is -0.305 e. The van der Waals surface area contributed by atoms with Crippen LogP contribution in [0.1, 0.15) is 41.3 Å². The molecule has 6 nitrogen and oxygen atoms in total. The van der Waals surface area contributed by atoms with Crippen LogP contribution in [0.15, 0.2) is 60.7 Å². The van der Waals surface area contributed by atoms with Crippen molar-refractivity contribution in [3.8, 4) is 0 Å². The molecule has 1 amide bonds. The van der Waals surface area contributed by atoms with E-state index in [0.717, 1.165) is 15.8 Å². The monoisotopic (exact) mass is 453 g/mol. The molecule has 1 atom stereocenters. The van der Waals surface area contributed by atoms with Crippen LogP contribution in [-0.2, 0) is 17.4 Å². The SMILES string of the molecule is Cc1nc2nc(C(F)(F)F)nn2c(C)c1CC(=O)N(c1ccccc1)C(C)c1ccccc1. The largest absolute Gasteiger partial charge is 0.453 e. The molecule has 0 bridgehead atoms. The Bertz CT molecular complexity index is 1290. The highest BCUT2D eigenvalue weighted by molar-refractivity contribution is 5.95. The predicted octanol–water partition coefficient (Wildman–Crippen LogP) is 5.10. The van der Waals surface area contributed by atoms with Crippen molar-refractivity contribution in [1.29, 1.82) is 0 Å². The summed E-state index contributed by atoms with van der Waals surface area (Å²) in [5.41, 5.74) is 3.04. The molecule has 0 saturated carbocycles. The van der Waals surface area contributed by atoms with Crippen LogP contribution < -0.4 is 4.90 Å². The molecule has 33 heavy (non-hydrogen) atoms. The maximum atomic E-state index is 13.6. The molecule has 0 N–H and O–H groups in total. The first-order chi connectivity index (χ1) is 15.7. The van der Waals surface area contributed by atoms with Crippen LogP contribution in [-0.4, -0.2) is 25.5 Å². The third-order valence-electron chi connectivity index (χ3n) is 5.60. The van der Waals surface area contributed by atoms with Gasteiger partial charge in [-0.2, -0.15) is 18.2 Å². The van der Waals surface area contributed by atoms with Crippen LogP contribution in [0.5, 0.6) is 0 Å². The fraction of sp³-hybridized carbons (Fsp3) is 0.250. The molecule has 0 saturated heterocycles. The van der Waals surface area contributed by atoms with E-state index in [-0.39, 0.29) is 24.1 Å². The topological polar surface area (TPSA) is 63.4 Å². The third-order valence-corrected chi connectivity index (χ3v) is 5.60. The van der Waals surface area contributed by atoms with E-state index in [2.05, 4.69) is 15.1 Å². The number of rotatable bonds is 5. The molecule has 0 aliphatic heterocycles. The van der Waals surface area contributed by atoms with Crippen LogP contribution in [0, 0.1) is 13.8 Å². The Morgan fingerprint density at radius 1 is 1.00 bits per heavy atom. The van der Waals surface area contributed by atoms with E-state index in [1.165, 1.54) is 0 Å². The average Bonchev–Trinajstić information content (AvgIpc) is 3.23. The van der Waals surface area contributed by atoms with Crippen molar-refractivity contribution in [2.24, 2.45) is 0 Å². The smallest absolute Gasteiger partial charge is 0.305 e. The number of anilines is 1. The Labute approximate surface area is 188 Å². The molecular formula is C24H22F3N5O. The van der Waals surface area contributed by atoms with Gasteiger partial charge in [-0.05, 0) is 38.5 Å². The number of para-hydroxylation sites is 1. The van der Waals surface area contributed by atoms with E-state index in [9.17, 15) is 18.0 Å². The lowest BCUT2D eigenvalue weighted by Gasteiger charge is -2.30. The van der Waals surface area contributed by atoms with Gasteiger partial charge in [-0.3, -0.25) is 4.79 Å². The summed E-state index contributed by atoms with van der Waals surface area (Å²) in [5.74, 6) is -1.61. The summed E-state index contributed by atoms with van der Waals surface area (Å²) in [7, 11) is 0. The second-order valence-corrected chi connectivity index (χ2v) is 7.77. The maximum absolute atomic E-state index is 13.6. The van der Waals surface area contributed by atoms with Gasteiger partial charge in [-0.1, -0.05) is 48.5 Å². The van der Waals surface area contributed by atoms with Gasteiger partial charge < -0.3 is 4.90 Å². The molecule has 0 fully saturated rings. The number of hydrogen-bond acceptors (Lipinski definition) is 4. The van der Waals surface area contributed by atoms with Gasteiger partial charge in [0.1, 0.15) is 0 Å². The zero-order valence-electron chi connectivity index (χ0n) is 18.3. The molecule has 0 spiro atoms. The first-order valence-corrected chi connectivity index (χ1v) is 10.4. The normalized spacial score (nSPS) is 12.7. The molecule has 1 unspecified atom stereocenters. The second-order valence-electron chi connectivity index (χ2n) is 7.77. The minimum absolute atomic E-state index is 0.0477. The fourth-order valence-electron chi connectivity index (χ4n) is 3.87. The molecule has 4 rings (SSSR count). The van der Waals surface area contributed by atoms with E-state index < -0.39 is 12.0 Å². The highest BCUT2D eigenvalue weighted by atomic mass is 19.4. The standard InChI is InChI=1S/C24H22F3N5O/c1-15-20(17(3)32-23(28-15)29-22(30-32)24(25,26)27)14-21(33)31(19-12-8-5-9-13-19)16(2)18-10-6-4-7-11-18/h4-13,16H,14H2,1-3H3. The van der Waals surface area contributed by atoms with Gasteiger partial charge in [0.2, 0.25) is 5.91 Å². The van der Waals surface area contributed by atoms with E-state index in [4.69, 9.17) is 0 Å². The Kier molecular flexibility index (Phi) is 5.88.